The monoisotopic (exact) mass is 269 g/mol. The minimum Gasteiger partial charge on any atom is -0.400 e. The lowest BCUT2D eigenvalue weighted by atomic mass is 9.91. The van der Waals surface area contributed by atoms with Crippen molar-refractivity contribution in [3.8, 4) is 0 Å². The lowest BCUT2D eigenvalue weighted by molar-refractivity contribution is -0.0123. The molecule has 1 heterocycles. The summed E-state index contributed by atoms with van der Waals surface area (Å²) in [7, 11) is 1.00. The van der Waals surface area contributed by atoms with Crippen LogP contribution in [0.2, 0.25) is 0 Å². The zero-order valence-electron chi connectivity index (χ0n) is 12.0. The van der Waals surface area contributed by atoms with E-state index < -0.39 is 0 Å². The molecular weight excluding hydrogens is 245 g/mol. The number of rotatable bonds is 2. The molecule has 1 aliphatic rings. The molecule has 1 aliphatic heterocycles. The maximum absolute atomic E-state index is 13.0. The van der Waals surface area contributed by atoms with Crippen molar-refractivity contribution < 1.29 is 14.4 Å². The van der Waals surface area contributed by atoms with Crippen LogP contribution < -0.4 is 0 Å². The fourth-order valence-corrected chi connectivity index (χ4v) is 1.98. The molecular formula is C15H24FNO2. The first kappa shape index (κ1) is 17.7. The largest absolute Gasteiger partial charge is 0.400 e. The fraction of sp³-hybridized carbons (Fsp3) is 0.533. The van der Waals surface area contributed by atoms with Gasteiger partial charge in [0.1, 0.15) is 0 Å². The van der Waals surface area contributed by atoms with Gasteiger partial charge in [-0.1, -0.05) is 44.2 Å². The Balaban J connectivity index is 0.000000741. The van der Waals surface area contributed by atoms with Gasteiger partial charge in [0.2, 0.25) is 0 Å². The molecule has 3 nitrogen and oxygen atoms in total. The van der Waals surface area contributed by atoms with Gasteiger partial charge in [-0.2, -0.15) is 0 Å². The van der Waals surface area contributed by atoms with Crippen molar-refractivity contribution in [1.82, 2.24) is 5.12 Å². The minimum absolute atomic E-state index is 0.0675. The van der Waals surface area contributed by atoms with Gasteiger partial charge in [-0.05, 0) is 12.8 Å². The second-order valence-electron chi connectivity index (χ2n) is 3.94. The van der Waals surface area contributed by atoms with Gasteiger partial charge in [0.15, 0.2) is 5.78 Å². The number of halogens is 1. The zero-order chi connectivity index (χ0) is 14.7. The molecule has 1 aromatic rings. The van der Waals surface area contributed by atoms with Gasteiger partial charge in [-0.15, -0.1) is 9.60 Å². The van der Waals surface area contributed by atoms with Crippen LogP contribution in [0.15, 0.2) is 30.3 Å². The van der Waals surface area contributed by atoms with Crippen LogP contribution in [0.3, 0.4) is 0 Å². The summed E-state index contributed by atoms with van der Waals surface area (Å²) in [6, 6.07) is 9.13. The molecule has 0 amide bonds. The molecule has 0 spiro atoms. The van der Waals surface area contributed by atoms with Crippen LogP contribution in [-0.2, 0) is 0 Å². The van der Waals surface area contributed by atoms with E-state index in [4.69, 9.17) is 5.11 Å². The van der Waals surface area contributed by atoms with Crippen LogP contribution in [0.5, 0.6) is 0 Å². The third-order valence-electron chi connectivity index (χ3n) is 2.80. The first-order valence-corrected chi connectivity index (χ1v) is 6.72. The van der Waals surface area contributed by atoms with Crippen molar-refractivity contribution in [2.45, 2.75) is 26.7 Å². The number of carbonyl (C=O) groups is 1. The number of nitrogens with zero attached hydrogens (tertiary/aromatic N) is 1. The topological polar surface area (TPSA) is 40.5 Å². The van der Waals surface area contributed by atoms with Crippen LogP contribution in [0.1, 0.15) is 37.0 Å². The first-order chi connectivity index (χ1) is 9.27. The van der Waals surface area contributed by atoms with Crippen molar-refractivity contribution in [1.29, 1.82) is 0 Å². The fourth-order valence-electron chi connectivity index (χ4n) is 1.98. The summed E-state index contributed by atoms with van der Waals surface area (Å²) >= 11 is 0. The van der Waals surface area contributed by atoms with E-state index in [0.717, 1.165) is 25.1 Å². The van der Waals surface area contributed by atoms with E-state index in [2.05, 4.69) is 0 Å². The van der Waals surface area contributed by atoms with Gasteiger partial charge in [-0.25, -0.2) is 0 Å². The predicted octanol–water partition coefficient (Wildman–Crippen LogP) is 3.10. The van der Waals surface area contributed by atoms with E-state index in [1.165, 1.54) is 0 Å². The molecule has 1 aromatic carbocycles. The zero-order valence-corrected chi connectivity index (χ0v) is 12.0. The minimum atomic E-state index is -0.175. The molecule has 1 N–H and O–H groups in total. The Bertz CT molecular complexity index is 343. The second kappa shape index (κ2) is 10.6. The van der Waals surface area contributed by atoms with Crippen molar-refractivity contribution in [2.75, 3.05) is 20.2 Å². The summed E-state index contributed by atoms with van der Waals surface area (Å²) < 4.78 is 13.0. The Morgan fingerprint density at radius 1 is 1.26 bits per heavy atom. The Labute approximate surface area is 115 Å². The van der Waals surface area contributed by atoms with Crippen LogP contribution in [-0.4, -0.2) is 36.2 Å². The summed E-state index contributed by atoms with van der Waals surface area (Å²) in [5.41, 5.74) is 0.692. The Hall–Kier alpha value is -1.26. The molecule has 1 fully saturated rings. The molecule has 0 saturated carbocycles. The molecule has 0 radical (unpaired) electrons. The van der Waals surface area contributed by atoms with Gasteiger partial charge in [0, 0.05) is 31.7 Å². The lowest BCUT2D eigenvalue weighted by Crippen LogP contribution is -2.33. The quantitative estimate of drug-likeness (QED) is 0.662. The van der Waals surface area contributed by atoms with Crippen LogP contribution in [0.4, 0.5) is 4.48 Å². The summed E-state index contributed by atoms with van der Waals surface area (Å²) in [5, 5.41) is 7.75. The van der Waals surface area contributed by atoms with Crippen LogP contribution in [0.25, 0.3) is 0 Å². The third-order valence-corrected chi connectivity index (χ3v) is 2.80. The van der Waals surface area contributed by atoms with E-state index in [1.807, 2.05) is 32.0 Å². The van der Waals surface area contributed by atoms with E-state index in [9.17, 15) is 9.28 Å². The highest BCUT2D eigenvalue weighted by Gasteiger charge is 2.26. The Kier molecular flexibility index (Phi) is 9.94. The summed E-state index contributed by atoms with van der Waals surface area (Å²) in [6.45, 7) is 4.70. The van der Waals surface area contributed by atoms with Gasteiger partial charge < -0.3 is 5.11 Å². The van der Waals surface area contributed by atoms with Gasteiger partial charge in [0.25, 0.3) is 0 Å². The average Bonchev–Trinajstić information content (AvgIpc) is 2.51. The predicted molar refractivity (Wildman–Crippen MR) is 75.7 cm³/mol. The molecule has 0 aromatic heterocycles. The summed E-state index contributed by atoms with van der Waals surface area (Å²) in [6.07, 6.45) is 1.56. The van der Waals surface area contributed by atoms with E-state index >= 15 is 0 Å². The highest BCUT2D eigenvalue weighted by Crippen LogP contribution is 2.20. The number of benzene rings is 1. The number of piperidine rings is 1. The number of aliphatic hydroxyl groups is 1. The molecule has 19 heavy (non-hydrogen) atoms. The number of carbonyl (C=O) groups excluding carboxylic acids is 1. The normalized spacial score (nSPS) is 18.5. The van der Waals surface area contributed by atoms with Crippen molar-refractivity contribution >= 4 is 5.78 Å². The van der Waals surface area contributed by atoms with E-state index in [-0.39, 0.29) is 18.2 Å². The second-order valence-corrected chi connectivity index (χ2v) is 3.94. The number of ketones is 1. The third kappa shape index (κ3) is 5.94. The van der Waals surface area contributed by atoms with E-state index in [1.54, 1.807) is 12.1 Å². The van der Waals surface area contributed by atoms with Gasteiger partial charge in [0.05, 0.1) is 0 Å². The first-order valence-electron chi connectivity index (χ1n) is 6.72. The van der Waals surface area contributed by atoms with Crippen LogP contribution >= 0.6 is 0 Å². The summed E-state index contributed by atoms with van der Waals surface area (Å²) in [4.78, 5) is 12.0. The maximum Gasteiger partial charge on any atom is 0.167 e. The molecule has 0 aliphatic carbocycles. The van der Waals surface area contributed by atoms with Crippen molar-refractivity contribution in [3.05, 3.63) is 35.9 Å². The molecule has 1 unspecified atom stereocenters. The Morgan fingerprint density at radius 3 is 2.37 bits per heavy atom. The number of hydrogen-bond acceptors (Lipinski definition) is 3. The van der Waals surface area contributed by atoms with Crippen LogP contribution in [0, 0.1) is 5.92 Å². The standard InChI is InChI=1S/C12H14FNO.C2H6.CH4O/c13-14-8-4-7-11(9-14)12(15)10-5-2-1-3-6-10;2*1-2/h1-3,5-6,11H,4,7-9H2;1-2H3;2H,1H3. The lowest BCUT2D eigenvalue weighted by Gasteiger charge is -2.25. The smallest absolute Gasteiger partial charge is 0.167 e. The highest BCUT2D eigenvalue weighted by molar-refractivity contribution is 5.97. The average molecular weight is 269 g/mol. The molecule has 1 atom stereocenters. The van der Waals surface area contributed by atoms with E-state index in [0.29, 0.717) is 12.1 Å². The number of Topliss-reactive ketones (excluding diaryl/α,β-unsaturated/α-hetero) is 1. The number of aliphatic hydroxyl groups excluding tert-OH is 1. The maximum atomic E-state index is 13.0. The number of hydrogen-bond donors (Lipinski definition) is 1. The molecule has 2 rings (SSSR count). The van der Waals surface area contributed by atoms with Gasteiger partial charge in [-0.3, -0.25) is 4.79 Å². The highest BCUT2D eigenvalue weighted by atomic mass is 19.2. The Morgan fingerprint density at radius 2 is 1.84 bits per heavy atom. The van der Waals surface area contributed by atoms with Crippen molar-refractivity contribution in [3.63, 3.8) is 0 Å². The molecule has 1 saturated heterocycles. The summed E-state index contributed by atoms with van der Waals surface area (Å²) in [5.74, 6) is -0.107. The van der Waals surface area contributed by atoms with Gasteiger partial charge >= 0.3 is 0 Å². The van der Waals surface area contributed by atoms with Crippen molar-refractivity contribution in [2.24, 2.45) is 5.92 Å². The molecule has 0 bridgehead atoms. The molecule has 4 heteroatoms. The molecule has 108 valence electrons. The SMILES string of the molecule is CC.CO.O=C(c1ccccc1)C1CCCN(F)C1.